The molecule has 20 heavy (non-hydrogen) atoms. The van der Waals surface area contributed by atoms with Gasteiger partial charge in [0, 0.05) is 29.8 Å². The van der Waals surface area contributed by atoms with Gasteiger partial charge in [0.15, 0.2) is 0 Å². The van der Waals surface area contributed by atoms with E-state index in [1.165, 1.54) is 41.1 Å². The lowest BCUT2D eigenvalue weighted by Gasteiger charge is -2.04. The fourth-order valence-electron chi connectivity index (χ4n) is 1.95. The van der Waals surface area contributed by atoms with Crippen molar-refractivity contribution < 1.29 is 15.1 Å². The van der Waals surface area contributed by atoms with Crippen LogP contribution < -0.4 is 0 Å². The van der Waals surface area contributed by atoms with Gasteiger partial charge >= 0.3 is 0 Å². The topological polar surface area (TPSA) is 101 Å². The summed E-state index contributed by atoms with van der Waals surface area (Å²) in [6.07, 6.45) is 1.55. The number of hydrogen-bond acceptors (Lipinski definition) is 5. The van der Waals surface area contributed by atoms with Crippen molar-refractivity contribution in [2.75, 3.05) is 0 Å². The van der Waals surface area contributed by atoms with Gasteiger partial charge in [-0.05, 0) is 18.2 Å². The van der Waals surface area contributed by atoms with Crippen molar-refractivity contribution in [2.24, 2.45) is 0 Å². The zero-order chi connectivity index (χ0) is 14.3. The monoisotopic (exact) mass is 271 g/mol. The van der Waals surface area contributed by atoms with Crippen LogP contribution in [-0.4, -0.2) is 24.9 Å². The number of aromatic hydroxyl groups is 2. The first kappa shape index (κ1) is 12.0. The number of benzene rings is 2. The van der Waals surface area contributed by atoms with E-state index >= 15 is 0 Å². The Kier molecular flexibility index (Phi) is 2.53. The summed E-state index contributed by atoms with van der Waals surface area (Å²) in [6, 6.07) is 8.35. The third-order valence-corrected chi connectivity index (χ3v) is 2.90. The van der Waals surface area contributed by atoms with E-state index in [9.17, 15) is 20.3 Å². The molecule has 0 aliphatic carbocycles. The van der Waals surface area contributed by atoms with Gasteiger partial charge in [0.05, 0.1) is 10.4 Å². The van der Waals surface area contributed by atoms with E-state index in [0.29, 0.717) is 16.6 Å². The van der Waals surface area contributed by atoms with E-state index in [1.54, 1.807) is 6.20 Å². The molecule has 0 amide bonds. The predicted octanol–water partition coefficient (Wildman–Crippen LogP) is 2.34. The Bertz CT molecular complexity index is 826. The number of phenolic OH excluding ortho intramolecular Hbond substituents is 2. The Morgan fingerprint density at radius 2 is 1.95 bits per heavy atom. The summed E-state index contributed by atoms with van der Waals surface area (Å²) in [5.74, 6) is -0.0616. The fourth-order valence-corrected chi connectivity index (χ4v) is 1.95. The van der Waals surface area contributed by atoms with Crippen molar-refractivity contribution in [1.82, 2.24) is 9.78 Å². The highest BCUT2D eigenvalue weighted by molar-refractivity contribution is 5.81. The third-order valence-electron chi connectivity index (χ3n) is 2.90. The van der Waals surface area contributed by atoms with Gasteiger partial charge in [-0.15, -0.1) is 0 Å². The van der Waals surface area contributed by atoms with Gasteiger partial charge in [0.25, 0.3) is 5.69 Å². The second kappa shape index (κ2) is 4.23. The van der Waals surface area contributed by atoms with E-state index in [1.807, 2.05) is 0 Å². The molecule has 0 radical (unpaired) electrons. The van der Waals surface area contributed by atoms with Crippen molar-refractivity contribution in [1.29, 1.82) is 0 Å². The Morgan fingerprint density at radius 1 is 1.15 bits per heavy atom. The molecule has 0 saturated heterocycles. The minimum atomic E-state index is -0.484. The summed E-state index contributed by atoms with van der Waals surface area (Å²) in [5.41, 5.74) is 0.819. The molecule has 0 fully saturated rings. The average molecular weight is 271 g/mol. The van der Waals surface area contributed by atoms with Crippen LogP contribution in [0.25, 0.3) is 16.6 Å². The molecule has 0 aliphatic rings. The molecule has 3 aromatic rings. The first-order chi connectivity index (χ1) is 9.54. The van der Waals surface area contributed by atoms with Gasteiger partial charge in [-0.25, -0.2) is 4.68 Å². The van der Waals surface area contributed by atoms with Crippen molar-refractivity contribution in [2.45, 2.75) is 0 Å². The molecule has 100 valence electrons. The van der Waals surface area contributed by atoms with E-state index in [0.717, 1.165) is 0 Å². The molecule has 2 aromatic carbocycles. The lowest BCUT2D eigenvalue weighted by atomic mass is 10.2. The highest BCUT2D eigenvalue weighted by Crippen LogP contribution is 2.28. The van der Waals surface area contributed by atoms with Crippen molar-refractivity contribution in [3.8, 4) is 17.2 Å². The lowest BCUT2D eigenvalue weighted by molar-refractivity contribution is -0.384. The van der Waals surface area contributed by atoms with Gasteiger partial charge in [-0.3, -0.25) is 10.1 Å². The fraction of sp³-hybridized carbons (Fsp3) is 0. The third kappa shape index (κ3) is 1.91. The van der Waals surface area contributed by atoms with Crippen LogP contribution in [0.5, 0.6) is 11.5 Å². The van der Waals surface area contributed by atoms with Gasteiger partial charge in [-0.1, -0.05) is 0 Å². The molecule has 0 aliphatic heterocycles. The molecule has 3 rings (SSSR count). The first-order valence-electron chi connectivity index (χ1n) is 5.71. The Hall–Kier alpha value is -3.09. The minimum absolute atomic E-state index is 0.0108. The molecule has 0 atom stereocenters. The zero-order valence-electron chi connectivity index (χ0n) is 10.1. The Balaban J connectivity index is 2.17. The standard InChI is InChI=1S/C13H9N3O4/c17-10-2-4-13(18)12(6-10)15-7-8-5-9(16(19)20)1-3-11(8)14-15/h1-7,17-18H. The Labute approximate surface area is 112 Å². The number of fused-ring (bicyclic) bond motifs is 1. The SMILES string of the molecule is O=[N+]([O-])c1ccc2nn(-c3cc(O)ccc3O)cc2c1. The molecule has 7 nitrogen and oxygen atoms in total. The van der Waals surface area contributed by atoms with Gasteiger partial charge in [0.1, 0.15) is 17.2 Å². The van der Waals surface area contributed by atoms with Gasteiger partial charge in [-0.2, -0.15) is 5.10 Å². The summed E-state index contributed by atoms with van der Waals surface area (Å²) >= 11 is 0. The highest BCUT2D eigenvalue weighted by atomic mass is 16.6. The molecular weight excluding hydrogens is 262 g/mol. The van der Waals surface area contributed by atoms with Crippen LogP contribution in [0.1, 0.15) is 0 Å². The van der Waals surface area contributed by atoms with Gasteiger partial charge in [0.2, 0.25) is 0 Å². The maximum atomic E-state index is 10.7. The molecule has 1 heterocycles. The van der Waals surface area contributed by atoms with Crippen molar-refractivity contribution in [3.63, 3.8) is 0 Å². The Morgan fingerprint density at radius 3 is 2.70 bits per heavy atom. The number of aromatic nitrogens is 2. The van der Waals surface area contributed by atoms with E-state index < -0.39 is 4.92 Å². The van der Waals surface area contributed by atoms with Crippen LogP contribution in [-0.2, 0) is 0 Å². The number of rotatable bonds is 2. The smallest absolute Gasteiger partial charge is 0.270 e. The molecule has 2 N–H and O–H groups in total. The summed E-state index contributed by atoms with van der Waals surface area (Å²) in [6.45, 7) is 0. The van der Waals surface area contributed by atoms with Crippen LogP contribution in [0.4, 0.5) is 5.69 Å². The van der Waals surface area contributed by atoms with Crippen LogP contribution >= 0.6 is 0 Å². The van der Waals surface area contributed by atoms with Crippen LogP contribution in [0.3, 0.4) is 0 Å². The maximum absolute atomic E-state index is 10.7. The number of hydrogen-bond donors (Lipinski definition) is 2. The number of phenols is 2. The quantitative estimate of drug-likeness (QED) is 0.423. The van der Waals surface area contributed by atoms with E-state index in [-0.39, 0.29) is 17.2 Å². The molecule has 0 spiro atoms. The maximum Gasteiger partial charge on any atom is 0.270 e. The number of nitro groups is 1. The summed E-state index contributed by atoms with van der Waals surface area (Å²) in [4.78, 5) is 10.2. The molecule has 1 aromatic heterocycles. The number of nitro benzene ring substituents is 1. The zero-order valence-corrected chi connectivity index (χ0v) is 10.1. The lowest BCUT2D eigenvalue weighted by Crippen LogP contribution is -1.94. The van der Waals surface area contributed by atoms with Gasteiger partial charge < -0.3 is 10.2 Å². The normalized spacial score (nSPS) is 10.8. The largest absolute Gasteiger partial charge is 0.508 e. The average Bonchev–Trinajstić information content (AvgIpc) is 2.83. The summed E-state index contributed by atoms with van der Waals surface area (Å²) in [5, 5.41) is 34.7. The molecule has 7 heteroatoms. The van der Waals surface area contributed by atoms with Crippen molar-refractivity contribution >= 4 is 16.6 Å². The van der Waals surface area contributed by atoms with Crippen LogP contribution in [0.2, 0.25) is 0 Å². The van der Waals surface area contributed by atoms with E-state index in [4.69, 9.17) is 0 Å². The number of non-ortho nitro benzene ring substituents is 1. The van der Waals surface area contributed by atoms with Crippen LogP contribution in [0.15, 0.2) is 42.6 Å². The van der Waals surface area contributed by atoms with E-state index in [2.05, 4.69) is 5.10 Å². The first-order valence-corrected chi connectivity index (χ1v) is 5.71. The molecule has 0 bridgehead atoms. The molecule has 0 unspecified atom stereocenters. The molecule has 0 saturated carbocycles. The minimum Gasteiger partial charge on any atom is -0.508 e. The summed E-state index contributed by atoms with van der Waals surface area (Å²) < 4.78 is 1.36. The second-order valence-corrected chi connectivity index (χ2v) is 4.25. The second-order valence-electron chi connectivity index (χ2n) is 4.25. The summed E-state index contributed by atoms with van der Waals surface area (Å²) in [7, 11) is 0. The highest BCUT2D eigenvalue weighted by Gasteiger charge is 2.11. The number of nitrogens with zero attached hydrogens (tertiary/aromatic N) is 3. The molecular formula is C13H9N3O4. The predicted molar refractivity (Wildman–Crippen MR) is 71.1 cm³/mol. The van der Waals surface area contributed by atoms with Crippen LogP contribution in [0, 0.1) is 10.1 Å². The van der Waals surface area contributed by atoms with Crippen molar-refractivity contribution in [3.05, 3.63) is 52.7 Å².